The summed E-state index contributed by atoms with van der Waals surface area (Å²) in [6, 6.07) is 5.83. The van der Waals surface area contributed by atoms with E-state index in [1.165, 1.54) is 24.3 Å². The Hall–Kier alpha value is -3.21. The quantitative estimate of drug-likeness (QED) is 0.223. The van der Waals surface area contributed by atoms with E-state index in [2.05, 4.69) is 39.5 Å². The van der Waals surface area contributed by atoms with Crippen molar-refractivity contribution in [1.82, 2.24) is 25.1 Å². The molecule has 0 atom stereocenters. The van der Waals surface area contributed by atoms with E-state index in [-0.39, 0.29) is 23.2 Å². The van der Waals surface area contributed by atoms with Gasteiger partial charge in [0.05, 0.1) is 23.1 Å². The average molecular weight is 444 g/mol. The van der Waals surface area contributed by atoms with Crippen LogP contribution in [0, 0.1) is 10.1 Å². The molecule has 3 aromatic rings. The van der Waals surface area contributed by atoms with Gasteiger partial charge in [-0.15, -0.1) is 0 Å². The van der Waals surface area contributed by atoms with Crippen molar-refractivity contribution in [3.05, 3.63) is 46.1 Å². The number of nitrogens with zero attached hydrogens (tertiary/aromatic N) is 5. The molecule has 0 saturated carbocycles. The van der Waals surface area contributed by atoms with E-state index < -0.39 is 4.92 Å². The van der Waals surface area contributed by atoms with Crippen LogP contribution in [0.15, 0.2) is 35.6 Å². The van der Waals surface area contributed by atoms with Gasteiger partial charge in [-0.05, 0) is 19.9 Å². The topological polar surface area (TPSA) is 128 Å². The fraction of sp³-hybridized carbons (Fsp3) is 0.400. The number of non-ortho nitro benzene ring substituents is 1. The standard InChI is InChI=1S/C20H25N7O3S/c1-12(2)23-17-16-11-22-26(18(16)25-20(24-17)31-13(3)4)9-8-21-19(28)14-6-5-7-15(10-14)27(29)30/h5-7,10-13H,8-9H2,1-4H3,(H,21,28)(H,23,24,25). The summed E-state index contributed by atoms with van der Waals surface area (Å²) in [5.41, 5.74) is 0.801. The largest absolute Gasteiger partial charge is 0.367 e. The molecule has 0 aliphatic rings. The Bertz CT molecular complexity index is 1100. The highest BCUT2D eigenvalue weighted by atomic mass is 32.2. The van der Waals surface area contributed by atoms with Gasteiger partial charge in [0.25, 0.3) is 11.6 Å². The van der Waals surface area contributed by atoms with E-state index in [9.17, 15) is 14.9 Å². The van der Waals surface area contributed by atoms with Gasteiger partial charge in [-0.1, -0.05) is 31.7 Å². The Labute approximate surface area is 184 Å². The molecule has 10 nitrogen and oxygen atoms in total. The predicted octanol–water partition coefficient (Wildman–Crippen LogP) is 3.49. The number of nitrogens with one attached hydrogen (secondary N) is 2. The van der Waals surface area contributed by atoms with Crippen LogP contribution in [0.3, 0.4) is 0 Å². The number of amides is 1. The zero-order chi connectivity index (χ0) is 22.5. The summed E-state index contributed by atoms with van der Waals surface area (Å²) in [5.74, 6) is 0.350. The number of anilines is 1. The minimum absolute atomic E-state index is 0.122. The Morgan fingerprint density at radius 2 is 2.03 bits per heavy atom. The van der Waals surface area contributed by atoms with E-state index >= 15 is 0 Å². The summed E-state index contributed by atoms with van der Waals surface area (Å²) in [6.45, 7) is 8.92. The fourth-order valence-electron chi connectivity index (χ4n) is 2.88. The molecule has 0 radical (unpaired) electrons. The molecular weight excluding hydrogens is 418 g/mol. The number of fused-ring (bicyclic) bond motifs is 1. The van der Waals surface area contributed by atoms with Gasteiger partial charge in [-0.25, -0.2) is 14.6 Å². The molecule has 1 amide bonds. The fourth-order valence-corrected chi connectivity index (χ4v) is 3.59. The first-order chi connectivity index (χ1) is 14.7. The molecule has 0 aliphatic carbocycles. The lowest BCUT2D eigenvalue weighted by atomic mass is 10.2. The Balaban J connectivity index is 1.76. The van der Waals surface area contributed by atoms with Gasteiger partial charge in [0.1, 0.15) is 5.82 Å². The Morgan fingerprint density at radius 3 is 2.71 bits per heavy atom. The molecule has 0 aliphatic heterocycles. The van der Waals surface area contributed by atoms with Crippen molar-refractivity contribution in [2.75, 3.05) is 11.9 Å². The van der Waals surface area contributed by atoms with Crippen molar-refractivity contribution in [3.63, 3.8) is 0 Å². The summed E-state index contributed by atoms with van der Waals surface area (Å²) < 4.78 is 1.72. The van der Waals surface area contributed by atoms with Crippen LogP contribution in [0.5, 0.6) is 0 Å². The number of aromatic nitrogens is 4. The summed E-state index contributed by atoms with van der Waals surface area (Å²) >= 11 is 1.57. The van der Waals surface area contributed by atoms with Gasteiger partial charge >= 0.3 is 0 Å². The maximum absolute atomic E-state index is 12.4. The molecule has 11 heteroatoms. The highest BCUT2D eigenvalue weighted by Gasteiger charge is 2.16. The Kier molecular flexibility index (Phi) is 7.06. The number of rotatable bonds is 9. The molecule has 2 heterocycles. The first-order valence-electron chi connectivity index (χ1n) is 9.94. The van der Waals surface area contributed by atoms with E-state index in [1.54, 1.807) is 22.6 Å². The number of carbonyl (C=O) groups is 1. The average Bonchev–Trinajstić information content (AvgIpc) is 3.10. The van der Waals surface area contributed by atoms with Crippen LogP contribution in [0.25, 0.3) is 11.0 Å². The molecule has 3 rings (SSSR count). The molecule has 2 aromatic heterocycles. The number of thioether (sulfide) groups is 1. The maximum Gasteiger partial charge on any atom is 0.270 e. The predicted molar refractivity (Wildman–Crippen MR) is 121 cm³/mol. The van der Waals surface area contributed by atoms with Gasteiger partial charge in [0.15, 0.2) is 10.8 Å². The van der Waals surface area contributed by atoms with Crippen molar-refractivity contribution in [2.24, 2.45) is 0 Å². The van der Waals surface area contributed by atoms with Crippen molar-refractivity contribution < 1.29 is 9.72 Å². The van der Waals surface area contributed by atoms with Crippen molar-refractivity contribution in [3.8, 4) is 0 Å². The Morgan fingerprint density at radius 1 is 1.26 bits per heavy atom. The van der Waals surface area contributed by atoms with E-state index in [0.717, 1.165) is 11.2 Å². The molecule has 1 aromatic carbocycles. The lowest BCUT2D eigenvalue weighted by Crippen LogP contribution is -2.27. The molecule has 0 saturated heterocycles. The SMILES string of the molecule is CC(C)Nc1nc(SC(C)C)nc2c1cnn2CCNC(=O)c1cccc([N+](=O)[O-])c1. The van der Waals surface area contributed by atoms with Crippen LogP contribution < -0.4 is 10.6 Å². The number of carbonyl (C=O) groups excluding carboxylic acids is 1. The zero-order valence-electron chi connectivity index (χ0n) is 17.8. The molecule has 164 valence electrons. The van der Waals surface area contributed by atoms with Crippen molar-refractivity contribution in [2.45, 2.75) is 50.7 Å². The van der Waals surface area contributed by atoms with Crippen molar-refractivity contribution in [1.29, 1.82) is 0 Å². The lowest BCUT2D eigenvalue weighted by Gasteiger charge is -2.12. The number of nitro benzene ring substituents is 1. The third-order valence-electron chi connectivity index (χ3n) is 4.17. The summed E-state index contributed by atoms with van der Waals surface area (Å²) in [7, 11) is 0. The van der Waals surface area contributed by atoms with Gasteiger partial charge in [0.2, 0.25) is 0 Å². The highest BCUT2D eigenvalue weighted by molar-refractivity contribution is 7.99. The first kappa shape index (κ1) is 22.5. The molecule has 2 N–H and O–H groups in total. The normalized spacial score (nSPS) is 11.3. The maximum atomic E-state index is 12.4. The third-order valence-corrected chi connectivity index (χ3v) is 5.04. The molecule has 0 bridgehead atoms. The minimum atomic E-state index is -0.526. The third kappa shape index (κ3) is 5.69. The number of hydrogen-bond acceptors (Lipinski definition) is 8. The molecule has 31 heavy (non-hydrogen) atoms. The van der Waals surface area contributed by atoms with Crippen LogP contribution >= 0.6 is 11.8 Å². The van der Waals surface area contributed by atoms with E-state index in [0.29, 0.717) is 29.1 Å². The number of benzene rings is 1. The second kappa shape index (κ2) is 9.73. The summed E-state index contributed by atoms with van der Waals surface area (Å²) in [6.07, 6.45) is 1.71. The number of hydrogen-bond donors (Lipinski definition) is 2. The second-order valence-electron chi connectivity index (χ2n) is 7.49. The van der Waals surface area contributed by atoms with Crippen LogP contribution in [0.4, 0.5) is 11.5 Å². The molecular formula is C20H25N7O3S. The first-order valence-corrected chi connectivity index (χ1v) is 10.8. The second-order valence-corrected chi connectivity index (χ2v) is 9.03. The van der Waals surface area contributed by atoms with E-state index in [1.807, 2.05) is 13.8 Å². The van der Waals surface area contributed by atoms with Gasteiger partial charge in [-0.3, -0.25) is 14.9 Å². The molecule has 0 unspecified atom stereocenters. The van der Waals surface area contributed by atoms with Gasteiger partial charge in [0, 0.05) is 35.5 Å². The monoisotopic (exact) mass is 443 g/mol. The number of nitro groups is 1. The summed E-state index contributed by atoms with van der Waals surface area (Å²) in [4.78, 5) is 32.0. The van der Waals surface area contributed by atoms with Crippen molar-refractivity contribution >= 4 is 40.2 Å². The smallest absolute Gasteiger partial charge is 0.270 e. The van der Waals surface area contributed by atoms with Crippen LogP contribution in [-0.4, -0.2) is 48.4 Å². The zero-order valence-corrected chi connectivity index (χ0v) is 18.6. The molecule has 0 fully saturated rings. The molecule has 0 spiro atoms. The van der Waals surface area contributed by atoms with Crippen LogP contribution in [0.1, 0.15) is 38.1 Å². The van der Waals surface area contributed by atoms with Gasteiger partial charge in [-0.2, -0.15) is 5.10 Å². The summed E-state index contributed by atoms with van der Waals surface area (Å²) in [5, 5.41) is 23.2. The van der Waals surface area contributed by atoms with E-state index in [4.69, 9.17) is 0 Å². The van der Waals surface area contributed by atoms with Crippen LogP contribution in [0.2, 0.25) is 0 Å². The van der Waals surface area contributed by atoms with Gasteiger partial charge < -0.3 is 10.6 Å². The lowest BCUT2D eigenvalue weighted by molar-refractivity contribution is -0.384. The minimum Gasteiger partial charge on any atom is -0.367 e. The highest BCUT2D eigenvalue weighted by Crippen LogP contribution is 2.26. The van der Waals surface area contributed by atoms with Crippen LogP contribution in [-0.2, 0) is 6.54 Å².